The number of hydrogen-bond acceptors (Lipinski definition) is 4. The minimum Gasteiger partial charge on any atom is -0.306 e. The summed E-state index contributed by atoms with van der Waals surface area (Å²) in [5, 5.41) is 8.00. The molecular formula is C20H17FN4OS. The van der Waals surface area contributed by atoms with Crippen molar-refractivity contribution >= 4 is 33.3 Å². The van der Waals surface area contributed by atoms with Gasteiger partial charge in [-0.05, 0) is 62.2 Å². The average Bonchev–Trinajstić information content (AvgIpc) is 3.18. The maximum absolute atomic E-state index is 13.1. The minimum absolute atomic E-state index is 0.329. The normalized spacial score (nSPS) is 11.1. The molecule has 1 amide bonds. The van der Waals surface area contributed by atoms with Crippen LogP contribution in [0.15, 0.2) is 42.5 Å². The third kappa shape index (κ3) is 3.33. The third-order valence-corrected chi connectivity index (χ3v) is 5.16. The van der Waals surface area contributed by atoms with E-state index in [1.165, 1.54) is 41.2 Å². The number of nitrogens with one attached hydrogen (secondary N) is 1. The van der Waals surface area contributed by atoms with Crippen molar-refractivity contribution in [3.63, 3.8) is 0 Å². The van der Waals surface area contributed by atoms with Crippen LogP contribution < -0.4 is 5.32 Å². The van der Waals surface area contributed by atoms with Gasteiger partial charge in [0, 0.05) is 11.6 Å². The lowest BCUT2D eigenvalue weighted by molar-refractivity contribution is 0.102. The van der Waals surface area contributed by atoms with Crippen molar-refractivity contribution in [3.8, 4) is 5.13 Å². The van der Waals surface area contributed by atoms with E-state index in [1.807, 2.05) is 13.8 Å². The highest BCUT2D eigenvalue weighted by Crippen LogP contribution is 2.30. The summed E-state index contributed by atoms with van der Waals surface area (Å²) >= 11 is 1.52. The van der Waals surface area contributed by atoms with Crippen LogP contribution in [-0.4, -0.2) is 20.7 Å². The summed E-state index contributed by atoms with van der Waals surface area (Å²) in [6.07, 6.45) is 0. The van der Waals surface area contributed by atoms with Gasteiger partial charge in [0.25, 0.3) is 5.91 Å². The summed E-state index contributed by atoms with van der Waals surface area (Å²) in [7, 11) is 0. The van der Waals surface area contributed by atoms with Gasteiger partial charge < -0.3 is 5.32 Å². The molecule has 0 fully saturated rings. The van der Waals surface area contributed by atoms with Crippen molar-refractivity contribution in [1.82, 2.24) is 14.8 Å². The van der Waals surface area contributed by atoms with Crippen molar-refractivity contribution in [2.24, 2.45) is 0 Å². The van der Waals surface area contributed by atoms with Crippen molar-refractivity contribution in [2.45, 2.75) is 20.8 Å². The molecule has 4 aromatic rings. The topological polar surface area (TPSA) is 59.8 Å². The van der Waals surface area contributed by atoms with Crippen molar-refractivity contribution < 1.29 is 9.18 Å². The molecule has 0 atom stereocenters. The average molecular weight is 380 g/mol. The summed E-state index contributed by atoms with van der Waals surface area (Å²) < 4.78 is 15.8. The first-order valence-electron chi connectivity index (χ1n) is 8.42. The molecule has 2 aromatic heterocycles. The molecule has 2 aromatic carbocycles. The molecule has 0 saturated carbocycles. The zero-order valence-electron chi connectivity index (χ0n) is 15.1. The molecule has 0 unspecified atom stereocenters. The molecule has 2 heterocycles. The summed E-state index contributed by atoms with van der Waals surface area (Å²) in [5.41, 5.74) is 4.35. The van der Waals surface area contributed by atoms with Gasteiger partial charge in [-0.15, -0.1) is 0 Å². The summed E-state index contributed by atoms with van der Waals surface area (Å²) in [5.74, 6) is -0.188. The number of aryl methyl sites for hydroxylation is 3. The highest BCUT2D eigenvalue weighted by atomic mass is 32.1. The lowest BCUT2D eigenvalue weighted by Crippen LogP contribution is -2.15. The first-order chi connectivity index (χ1) is 12.9. The Kier molecular flexibility index (Phi) is 4.24. The van der Waals surface area contributed by atoms with E-state index in [2.05, 4.69) is 29.5 Å². The summed E-state index contributed by atoms with van der Waals surface area (Å²) in [6, 6.07) is 11.4. The molecule has 27 heavy (non-hydrogen) atoms. The van der Waals surface area contributed by atoms with Gasteiger partial charge in [0.05, 0.1) is 15.9 Å². The number of anilines is 1. The van der Waals surface area contributed by atoms with Crippen LogP contribution in [0.5, 0.6) is 0 Å². The van der Waals surface area contributed by atoms with E-state index >= 15 is 0 Å². The third-order valence-electron chi connectivity index (χ3n) is 4.18. The summed E-state index contributed by atoms with van der Waals surface area (Å²) in [4.78, 5) is 17.2. The van der Waals surface area contributed by atoms with E-state index < -0.39 is 0 Å². The molecule has 0 aliphatic carbocycles. The lowest BCUT2D eigenvalue weighted by atomic mass is 10.1. The van der Waals surface area contributed by atoms with Crippen LogP contribution in [0.25, 0.3) is 15.3 Å². The van der Waals surface area contributed by atoms with Gasteiger partial charge in [-0.1, -0.05) is 17.4 Å². The number of amides is 1. The Hall–Kier alpha value is -3.06. The molecule has 0 radical (unpaired) electrons. The SMILES string of the molecule is Cc1cc(C)c2nc(-n3nc(C)cc3NC(=O)c3ccc(F)cc3)sc2c1. The molecule has 0 aliphatic heterocycles. The molecule has 4 rings (SSSR count). The van der Waals surface area contributed by atoms with Crippen LogP contribution in [-0.2, 0) is 0 Å². The number of halogens is 1. The lowest BCUT2D eigenvalue weighted by Gasteiger charge is -2.06. The fourth-order valence-corrected chi connectivity index (χ4v) is 4.08. The molecule has 5 nitrogen and oxygen atoms in total. The van der Waals surface area contributed by atoms with E-state index in [0.717, 1.165) is 21.5 Å². The standard InChI is InChI=1S/C20H17FN4OS/c1-11-8-12(2)18-16(9-11)27-20(23-18)25-17(10-13(3)24-25)22-19(26)14-4-6-15(21)7-5-14/h4-10H,1-3H3,(H,22,26). The van der Waals surface area contributed by atoms with Crippen molar-refractivity contribution in [1.29, 1.82) is 0 Å². The van der Waals surface area contributed by atoms with E-state index in [0.29, 0.717) is 16.5 Å². The maximum Gasteiger partial charge on any atom is 0.256 e. The largest absolute Gasteiger partial charge is 0.306 e. The molecule has 0 saturated heterocycles. The number of benzene rings is 2. The zero-order valence-corrected chi connectivity index (χ0v) is 15.9. The fourth-order valence-electron chi connectivity index (χ4n) is 2.97. The second kappa shape index (κ2) is 6.59. The predicted octanol–water partition coefficient (Wildman–Crippen LogP) is 4.80. The van der Waals surface area contributed by atoms with E-state index in [1.54, 1.807) is 10.7 Å². The van der Waals surface area contributed by atoms with Crippen LogP contribution in [0.2, 0.25) is 0 Å². The maximum atomic E-state index is 13.1. The van der Waals surface area contributed by atoms with Crippen LogP contribution >= 0.6 is 11.3 Å². The highest BCUT2D eigenvalue weighted by Gasteiger charge is 2.16. The number of rotatable bonds is 3. The van der Waals surface area contributed by atoms with Gasteiger partial charge in [0.1, 0.15) is 11.6 Å². The number of aromatic nitrogens is 3. The molecular weight excluding hydrogens is 363 g/mol. The van der Waals surface area contributed by atoms with Gasteiger partial charge in [0.15, 0.2) is 0 Å². The van der Waals surface area contributed by atoms with Gasteiger partial charge in [-0.3, -0.25) is 4.79 Å². The van der Waals surface area contributed by atoms with Crippen LogP contribution in [0, 0.1) is 26.6 Å². The fraction of sp³-hybridized carbons (Fsp3) is 0.150. The zero-order chi connectivity index (χ0) is 19.1. The van der Waals surface area contributed by atoms with E-state index in [-0.39, 0.29) is 11.7 Å². The van der Waals surface area contributed by atoms with Crippen LogP contribution in [0.1, 0.15) is 27.2 Å². The predicted molar refractivity (Wildman–Crippen MR) is 105 cm³/mol. The number of hydrogen-bond donors (Lipinski definition) is 1. The number of fused-ring (bicyclic) bond motifs is 1. The second-order valence-electron chi connectivity index (χ2n) is 6.47. The Morgan fingerprint density at radius 3 is 2.59 bits per heavy atom. The van der Waals surface area contributed by atoms with E-state index in [9.17, 15) is 9.18 Å². The first-order valence-corrected chi connectivity index (χ1v) is 9.24. The molecule has 7 heteroatoms. The van der Waals surface area contributed by atoms with Gasteiger partial charge in [0.2, 0.25) is 5.13 Å². The smallest absolute Gasteiger partial charge is 0.256 e. The van der Waals surface area contributed by atoms with Crippen LogP contribution in [0.3, 0.4) is 0 Å². The number of nitrogens with zero attached hydrogens (tertiary/aromatic N) is 3. The molecule has 0 bridgehead atoms. The van der Waals surface area contributed by atoms with Gasteiger partial charge in [-0.2, -0.15) is 9.78 Å². The Labute approximate surface area is 159 Å². The highest BCUT2D eigenvalue weighted by molar-refractivity contribution is 7.20. The molecule has 1 N–H and O–H groups in total. The second-order valence-corrected chi connectivity index (χ2v) is 7.48. The Morgan fingerprint density at radius 1 is 1.11 bits per heavy atom. The molecule has 136 valence electrons. The first kappa shape index (κ1) is 17.4. The monoisotopic (exact) mass is 380 g/mol. The van der Waals surface area contributed by atoms with Crippen molar-refractivity contribution in [3.05, 3.63) is 70.7 Å². The Bertz CT molecular complexity index is 1160. The van der Waals surface area contributed by atoms with E-state index in [4.69, 9.17) is 4.98 Å². The summed E-state index contributed by atoms with van der Waals surface area (Å²) in [6.45, 7) is 5.94. The van der Waals surface area contributed by atoms with Crippen LogP contribution in [0.4, 0.5) is 10.2 Å². The van der Waals surface area contributed by atoms with Gasteiger partial charge >= 0.3 is 0 Å². The quantitative estimate of drug-likeness (QED) is 0.555. The molecule has 0 spiro atoms. The number of thiazole rings is 1. The Morgan fingerprint density at radius 2 is 1.85 bits per heavy atom. The van der Waals surface area contributed by atoms with Gasteiger partial charge in [-0.25, -0.2) is 9.37 Å². The Balaban J connectivity index is 1.72. The number of carbonyl (C=O) groups is 1. The minimum atomic E-state index is -0.382. The van der Waals surface area contributed by atoms with Crippen molar-refractivity contribution in [2.75, 3.05) is 5.32 Å². The number of carbonyl (C=O) groups excluding carboxylic acids is 1. The molecule has 0 aliphatic rings.